The number of hydrogen-bond donors (Lipinski definition) is 2. The van der Waals surface area contributed by atoms with Gasteiger partial charge in [-0.2, -0.15) is 0 Å². The van der Waals surface area contributed by atoms with Crippen molar-refractivity contribution in [3.63, 3.8) is 0 Å². The maximum Gasteiger partial charge on any atom is 0.321 e. The molecule has 0 aromatic heterocycles. The molecule has 0 fully saturated rings. The number of rotatable bonds is 6. The highest BCUT2D eigenvalue weighted by Crippen LogP contribution is 2.15. The molecule has 0 saturated heterocycles. The zero-order chi connectivity index (χ0) is 15.8. The molecule has 0 aliphatic heterocycles. The predicted octanol–water partition coefficient (Wildman–Crippen LogP) is 3.41. The average Bonchev–Trinajstić information content (AvgIpc) is 2.52. The van der Waals surface area contributed by atoms with Crippen molar-refractivity contribution in [3.05, 3.63) is 65.2 Å². The number of nitrogens with zero attached hydrogens (tertiary/aromatic N) is 1. The largest absolute Gasteiger partial charge is 0.395 e. The number of carbonyl (C=O) groups is 1. The maximum absolute atomic E-state index is 12.3. The monoisotopic (exact) mass is 318 g/mol. The fraction of sp³-hybridized carbons (Fsp3) is 0.235. The van der Waals surface area contributed by atoms with Crippen LogP contribution in [0.1, 0.15) is 5.56 Å². The minimum atomic E-state index is -0.243. The molecule has 0 aliphatic carbocycles. The molecule has 22 heavy (non-hydrogen) atoms. The minimum Gasteiger partial charge on any atom is -0.395 e. The molecule has 0 saturated carbocycles. The highest BCUT2D eigenvalue weighted by atomic mass is 35.5. The molecular formula is C17H19ClN2O2. The van der Waals surface area contributed by atoms with Crippen molar-refractivity contribution in [2.45, 2.75) is 6.42 Å². The minimum absolute atomic E-state index is 0.0717. The van der Waals surface area contributed by atoms with E-state index in [0.717, 1.165) is 12.0 Å². The number of halogens is 1. The van der Waals surface area contributed by atoms with Gasteiger partial charge in [0.15, 0.2) is 0 Å². The summed E-state index contributed by atoms with van der Waals surface area (Å²) in [6.07, 6.45) is 0.740. The van der Waals surface area contributed by atoms with E-state index in [2.05, 4.69) is 5.32 Å². The molecule has 4 nitrogen and oxygen atoms in total. The second kappa shape index (κ2) is 8.41. The van der Waals surface area contributed by atoms with Gasteiger partial charge in [0.05, 0.1) is 6.61 Å². The van der Waals surface area contributed by atoms with E-state index in [1.807, 2.05) is 30.3 Å². The summed E-state index contributed by atoms with van der Waals surface area (Å²) in [6.45, 7) is 0.758. The van der Waals surface area contributed by atoms with Crippen LogP contribution in [-0.2, 0) is 6.42 Å². The van der Waals surface area contributed by atoms with Gasteiger partial charge in [-0.1, -0.05) is 48.0 Å². The summed E-state index contributed by atoms with van der Waals surface area (Å²) in [4.78, 5) is 13.9. The van der Waals surface area contributed by atoms with E-state index in [4.69, 9.17) is 16.7 Å². The van der Waals surface area contributed by atoms with Crippen molar-refractivity contribution in [2.24, 2.45) is 0 Å². The van der Waals surface area contributed by atoms with E-state index in [9.17, 15) is 4.79 Å². The first-order chi connectivity index (χ1) is 10.7. The van der Waals surface area contributed by atoms with Crippen LogP contribution in [0.4, 0.5) is 10.5 Å². The fourth-order valence-electron chi connectivity index (χ4n) is 2.11. The molecule has 2 N–H and O–H groups in total. The smallest absolute Gasteiger partial charge is 0.321 e. The number of benzene rings is 2. The van der Waals surface area contributed by atoms with Crippen LogP contribution < -0.4 is 5.32 Å². The molecule has 0 aliphatic rings. The quantitative estimate of drug-likeness (QED) is 0.857. The molecule has 2 aromatic carbocycles. The Morgan fingerprint density at radius 3 is 2.55 bits per heavy atom. The van der Waals surface area contributed by atoms with E-state index >= 15 is 0 Å². The lowest BCUT2D eigenvalue weighted by atomic mass is 10.1. The molecule has 0 atom stereocenters. The Bertz CT molecular complexity index is 605. The van der Waals surface area contributed by atoms with Crippen LogP contribution in [0.25, 0.3) is 0 Å². The lowest BCUT2D eigenvalue weighted by molar-refractivity contribution is 0.189. The van der Waals surface area contributed by atoms with Gasteiger partial charge in [0, 0.05) is 23.8 Å². The number of aliphatic hydroxyl groups excluding tert-OH is 1. The lowest BCUT2D eigenvalue weighted by Gasteiger charge is -2.22. The van der Waals surface area contributed by atoms with Crippen LogP contribution in [-0.4, -0.2) is 35.7 Å². The highest BCUT2D eigenvalue weighted by molar-refractivity contribution is 6.30. The highest BCUT2D eigenvalue weighted by Gasteiger charge is 2.13. The Balaban J connectivity index is 1.96. The van der Waals surface area contributed by atoms with Crippen LogP contribution in [0.2, 0.25) is 5.02 Å². The van der Waals surface area contributed by atoms with Gasteiger partial charge in [-0.05, 0) is 30.2 Å². The van der Waals surface area contributed by atoms with E-state index in [1.165, 1.54) is 0 Å². The molecule has 116 valence electrons. The van der Waals surface area contributed by atoms with Gasteiger partial charge in [-0.25, -0.2) is 4.79 Å². The first kappa shape index (κ1) is 16.3. The van der Waals surface area contributed by atoms with Crippen molar-refractivity contribution < 1.29 is 9.90 Å². The Morgan fingerprint density at radius 2 is 1.86 bits per heavy atom. The van der Waals surface area contributed by atoms with Crippen LogP contribution in [0, 0.1) is 0 Å². The summed E-state index contributed by atoms with van der Waals surface area (Å²) in [5, 5.41) is 12.5. The zero-order valence-electron chi connectivity index (χ0n) is 12.2. The van der Waals surface area contributed by atoms with Gasteiger partial charge in [0.2, 0.25) is 0 Å². The van der Waals surface area contributed by atoms with E-state index < -0.39 is 0 Å². The lowest BCUT2D eigenvalue weighted by Crippen LogP contribution is -2.38. The molecular weight excluding hydrogens is 300 g/mol. The van der Waals surface area contributed by atoms with Crippen LogP contribution in [0.5, 0.6) is 0 Å². The second-order valence-corrected chi connectivity index (χ2v) is 5.32. The van der Waals surface area contributed by atoms with Gasteiger partial charge in [0.1, 0.15) is 0 Å². The van der Waals surface area contributed by atoms with Gasteiger partial charge in [-0.15, -0.1) is 0 Å². The van der Waals surface area contributed by atoms with Gasteiger partial charge >= 0.3 is 6.03 Å². The van der Waals surface area contributed by atoms with E-state index in [0.29, 0.717) is 23.8 Å². The Labute approximate surface area is 135 Å². The number of amides is 2. The maximum atomic E-state index is 12.3. The summed E-state index contributed by atoms with van der Waals surface area (Å²) in [6, 6.07) is 16.7. The Kier molecular flexibility index (Phi) is 6.25. The average molecular weight is 319 g/mol. The van der Waals surface area contributed by atoms with Crippen LogP contribution in [0.15, 0.2) is 54.6 Å². The molecule has 2 aromatic rings. The van der Waals surface area contributed by atoms with Crippen molar-refractivity contribution in [3.8, 4) is 0 Å². The standard InChI is InChI=1S/C17H19ClN2O2/c18-15-7-4-8-16(13-15)19-17(22)20(11-12-21)10-9-14-5-2-1-3-6-14/h1-8,13,21H,9-12H2,(H,19,22). The first-order valence-corrected chi connectivity index (χ1v) is 7.53. The second-order valence-electron chi connectivity index (χ2n) is 4.89. The van der Waals surface area contributed by atoms with Crippen molar-refractivity contribution in [1.82, 2.24) is 4.90 Å². The molecule has 0 heterocycles. The summed E-state index contributed by atoms with van der Waals surface area (Å²) in [7, 11) is 0. The molecule has 0 bridgehead atoms. The van der Waals surface area contributed by atoms with Crippen molar-refractivity contribution in [2.75, 3.05) is 25.0 Å². The summed E-state index contributed by atoms with van der Waals surface area (Å²) >= 11 is 5.91. The molecule has 0 spiro atoms. The number of carbonyl (C=O) groups excluding carboxylic acids is 1. The summed E-state index contributed by atoms with van der Waals surface area (Å²) < 4.78 is 0. The van der Waals surface area contributed by atoms with Crippen molar-refractivity contribution in [1.29, 1.82) is 0 Å². The van der Waals surface area contributed by atoms with Gasteiger partial charge in [0.25, 0.3) is 0 Å². The third-order valence-electron chi connectivity index (χ3n) is 3.25. The predicted molar refractivity (Wildman–Crippen MR) is 89.3 cm³/mol. The van der Waals surface area contributed by atoms with Gasteiger partial charge in [-0.3, -0.25) is 0 Å². The number of nitrogens with one attached hydrogen (secondary N) is 1. The normalized spacial score (nSPS) is 10.3. The number of aliphatic hydroxyl groups is 1. The van der Waals surface area contributed by atoms with Gasteiger partial charge < -0.3 is 15.3 Å². The first-order valence-electron chi connectivity index (χ1n) is 7.15. The SMILES string of the molecule is O=C(Nc1cccc(Cl)c1)N(CCO)CCc1ccccc1. The number of hydrogen-bond acceptors (Lipinski definition) is 2. The van der Waals surface area contributed by atoms with Crippen LogP contribution in [0.3, 0.4) is 0 Å². The molecule has 0 unspecified atom stereocenters. The molecule has 2 amide bonds. The summed E-state index contributed by atoms with van der Waals surface area (Å²) in [5.41, 5.74) is 1.79. The number of urea groups is 1. The summed E-state index contributed by atoms with van der Waals surface area (Å²) in [5.74, 6) is 0. The van der Waals surface area contributed by atoms with E-state index in [1.54, 1.807) is 29.2 Å². The Morgan fingerprint density at radius 1 is 1.09 bits per heavy atom. The molecule has 2 rings (SSSR count). The van der Waals surface area contributed by atoms with E-state index in [-0.39, 0.29) is 12.6 Å². The zero-order valence-corrected chi connectivity index (χ0v) is 13.0. The fourth-order valence-corrected chi connectivity index (χ4v) is 2.30. The van der Waals surface area contributed by atoms with Crippen LogP contribution >= 0.6 is 11.6 Å². The number of anilines is 1. The third-order valence-corrected chi connectivity index (χ3v) is 3.48. The molecule has 0 radical (unpaired) electrons. The topological polar surface area (TPSA) is 52.6 Å². The Hall–Kier alpha value is -2.04. The van der Waals surface area contributed by atoms with Crippen molar-refractivity contribution >= 4 is 23.3 Å². The third kappa shape index (κ3) is 5.06. The molecule has 5 heteroatoms.